The lowest BCUT2D eigenvalue weighted by Gasteiger charge is -2.02. The van der Waals surface area contributed by atoms with Gasteiger partial charge in [-0.1, -0.05) is 11.6 Å². The minimum Gasteiger partial charge on any atom is -0.331 e. The molecule has 0 atom stereocenters. The molecule has 14 heavy (non-hydrogen) atoms. The topological polar surface area (TPSA) is 55.2 Å². The van der Waals surface area contributed by atoms with Crippen LogP contribution in [0.25, 0.3) is 0 Å². The third-order valence-corrected chi connectivity index (χ3v) is 1.59. The fourth-order valence-corrected chi connectivity index (χ4v) is 1.08. The van der Waals surface area contributed by atoms with Crippen LogP contribution in [0.3, 0.4) is 0 Å². The van der Waals surface area contributed by atoms with Gasteiger partial charge in [0, 0.05) is 0 Å². The number of thiocarbonyl (C=S) groups is 1. The summed E-state index contributed by atoms with van der Waals surface area (Å²) in [5.74, 6) is -0.692. The number of anilines is 1. The Hall–Kier alpha value is -1.27. The maximum atomic E-state index is 12.6. The van der Waals surface area contributed by atoms with E-state index in [2.05, 4.69) is 17.5 Å². The van der Waals surface area contributed by atoms with Crippen LogP contribution in [-0.4, -0.2) is 9.37 Å². The van der Waals surface area contributed by atoms with E-state index in [9.17, 15) is 14.5 Å². The number of nitrogens with one attached hydrogen (secondary N) is 1. The van der Waals surface area contributed by atoms with Crippen LogP contribution < -0.4 is 5.32 Å². The van der Waals surface area contributed by atoms with Crippen molar-refractivity contribution in [1.82, 2.24) is 0 Å². The van der Waals surface area contributed by atoms with Gasteiger partial charge in [-0.25, -0.2) is 4.39 Å². The molecule has 4 nitrogen and oxygen atoms in total. The van der Waals surface area contributed by atoms with Crippen LogP contribution in [0.5, 0.6) is 0 Å². The highest BCUT2D eigenvalue weighted by molar-refractivity contribution is 7.83. The molecular formula is C7H4ClFN2O2S. The Morgan fingerprint density at radius 3 is 2.79 bits per heavy atom. The Bertz CT molecular complexity index is 399. The molecule has 1 aromatic rings. The van der Waals surface area contributed by atoms with Gasteiger partial charge < -0.3 is 5.32 Å². The highest BCUT2D eigenvalue weighted by Crippen LogP contribution is 2.25. The van der Waals surface area contributed by atoms with Crippen LogP contribution in [0.2, 0.25) is 0 Å². The van der Waals surface area contributed by atoms with Gasteiger partial charge in [0.2, 0.25) is 0 Å². The van der Waals surface area contributed by atoms with Crippen LogP contribution in [-0.2, 0) is 0 Å². The number of rotatable bonds is 2. The number of hydrogen-bond acceptors (Lipinski definition) is 3. The van der Waals surface area contributed by atoms with E-state index in [1.807, 2.05) is 0 Å². The van der Waals surface area contributed by atoms with E-state index in [0.29, 0.717) is 0 Å². The molecule has 0 aliphatic carbocycles. The second-order valence-electron chi connectivity index (χ2n) is 2.32. The van der Waals surface area contributed by atoms with Gasteiger partial charge in [0.05, 0.1) is 11.0 Å². The zero-order valence-corrected chi connectivity index (χ0v) is 8.23. The molecule has 74 valence electrons. The molecule has 1 N–H and O–H groups in total. The first kappa shape index (κ1) is 10.8. The molecule has 1 aromatic carbocycles. The number of nitro benzene ring substituents is 1. The summed E-state index contributed by atoms with van der Waals surface area (Å²) < 4.78 is 12.5. The molecule has 0 amide bonds. The molecule has 0 heterocycles. The maximum absolute atomic E-state index is 12.6. The van der Waals surface area contributed by atoms with Gasteiger partial charge in [0.15, 0.2) is 4.45 Å². The van der Waals surface area contributed by atoms with Crippen LogP contribution in [0, 0.1) is 15.9 Å². The van der Waals surface area contributed by atoms with Crippen LogP contribution in [0.4, 0.5) is 15.8 Å². The minimum atomic E-state index is -0.722. The van der Waals surface area contributed by atoms with Crippen molar-refractivity contribution in [2.75, 3.05) is 5.32 Å². The standard InChI is InChI=1S/C7H4ClFN2O2S/c8-7(14)10-5-2-1-4(9)3-6(5)11(12)13/h1-3H,(H,10,14). The van der Waals surface area contributed by atoms with E-state index in [-0.39, 0.29) is 10.1 Å². The van der Waals surface area contributed by atoms with E-state index in [1.54, 1.807) is 0 Å². The molecule has 0 saturated carbocycles. The molecule has 0 bridgehead atoms. The third kappa shape index (κ3) is 2.61. The first-order valence-corrected chi connectivity index (χ1v) is 4.20. The fraction of sp³-hybridized carbons (Fsp3) is 0. The molecule has 0 aliphatic heterocycles. The van der Waals surface area contributed by atoms with Gasteiger partial charge in [-0.3, -0.25) is 10.1 Å². The Morgan fingerprint density at radius 2 is 2.29 bits per heavy atom. The first-order chi connectivity index (χ1) is 6.50. The summed E-state index contributed by atoms with van der Waals surface area (Å²) in [6, 6.07) is 3.06. The van der Waals surface area contributed by atoms with E-state index in [0.717, 1.165) is 12.1 Å². The van der Waals surface area contributed by atoms with Crippen molar-refractivity contribution in [3.05, 3.63) is 34.1 Å². The zero-order valence-electron chi connectivity index (χ0n) is 6.66. The van der Waals surface area contributed by atoms with Crippen LogP contribution in [0.1, 0.15) is 0 Å². The summed E-state index contributed by atoms with van der Waals surface area (Å²) >= 11 is 9.83. The molecule has 0 radical (unpaired) electrons. The van der Waals surface area contributed by atoms with Crippen molar-refractivity contribution < 1.29 is 9.31 Å². The average Bonchev–Trinajstić information content (AvgIpc) is 2.07. The van der Waals surface area contributed by atoms with E-state index in [4.69, 9.17) is 11.6 Å². The van der Waals surface area contributed by atoms with Gasteiger partial charge in [0.25, 0.3) is 5.69 Å². The molecule has 0 aliphatic rings. The number of hydrogen-bond donors (Lipinski definition) is 1. The Kier molecular flexibility index (Phi) is 3.32. The molecule has 7 heteroatoms. The lowest BCUT2D eigenvalue weighted by Crippen LogP contribution is -2.04. The highest BCUT2D eigenvalue weighted by atomic mass is 35.5. The van der Waals surface area contributed by atoms with Gasteiger partial charge in [-0.05, 0) is 24.4 Å². The second kappa shape index (κ2) is 4.30. The summed E-state index contributed by atoms with van der Waals surface area (Å²) in [5.41, 5.74) is -0.343. The Balaban J connectivity index is 3.14. The molecule has 0 spiro atoms. The largest absolute Gasteiger partial charge is 0.331 e. The molecule has 1 rings (SSSR count). The van der Waals surface area contributed by atoms with E-state index in [1.165, 1.54) is 6.07 Å². The van der Waals surface area contributed by atoms with Crippen molar-refractivity contribution in [3.63, 3.8) is 0 Å². The number of halogens is 2. The van der Waals surface area contributed by atoms with E-state index < -0.39 is 16.4 Å². The average molecular weight is 235 g/mol. The predicted molar refractivity (Wildman–Crippen MR) is 55.1 cm³/mol. The summed E-state index contributed by atoms with van der Waals surface area (Å²) in [4.78, 5) is 9.75. The van der Waals surface area contributed by atoms with Gasteiger partial charge >= 0.3 is 0 Å². The molecular weight excluding hydrogens is 231 g/mol. The fourth-order valence-electron chi connectivity index (χ4n) is 0.867. The molecule has 0 saturated heterocycles. The van der Waals surface area contributed by atoms with Crippen molar-refractivity contribution in [3.8, 4) is 0 Å². The van der Waals surface area contributed by atoms with Crippen molar-refractivity contribution >= 4 is 39.6 Å². The second-order valence-corrected chi connectivity index (χ2v) is 3.33. The number of nitro groups is 1. The van der Waals surface area contributed by atoms with E-state index >= 15 is 0 Å². The van der Waals surface area contributed by atoms with Crippen molar-refractivity contribution in [1.29, 1.82) is 0 Å². The summed E-state index contributed by atoms with van der Waals surface area (Å²) in [6.07, 6.45) is 0. The van der Waals surface area contributed by atoms with Crippen molar-refractivity contribution in [2.45, 2.75) is 0 Å². The number of benzene rings is 1. The van der Waals surface area contributed by atoms with Crippen LogP contribution >= 0.6 is 23.8 Å². The van der Waals surface area contributed by atoms with Gasteiger partial charge in [-0.2, -0.15) is 0 Å². The summed E-state index contributed by atoms with van der Waals surface area (Å²) in [5, 5.41) is 12.8. The lowest BCUT2D eigenvalue weighted by molar-refractivity contribution is -0.384. The Morgan fingerprint density at radius 1 is 1.64 bits per heavy atom. The predicted octanol–water partition coefficient (Wildman–Crippen LogP) is 2.67. The molecule has 0 aromatic heterocycles. The smallest absolute Gasteiger partial charge is 0.295 e. The number of nitrogens with zero attached hydrogens (tertiary/aromatic N) is 1. The normalized spacial score (nSPS) is 9.57. The Labute approximate surface area is 88.8 Å². The molecule has 0 unspecified atom stereocenters. The summed E-state index contributed by atoms with van der Waals surface area (Å²) in [7, 11) is 0. The van der Waals surface area contributed by atoms with Gasteiger partial charge in [0.1, 0.15) is 11.5 Å². The third-order valence-electron chi connectivity index (χ3n) is 1.39. The first-order valence-electron chi connectivity index (χ1n) is 3.41. The SMILES string of the molecule is O=[N+]([O-])c1cc(F)ccc1NC(=S)Cl. The maximum Gasteiger partial charge on any atom is 0.295 e. The quantitative estimate of drug-likeness (QED) is 0.281. The molecule has 0 fully saturated rings. The monoisotopic (exact) mass is 234 g/mol. The minimum absolute atomic E-state index is 0.0661. The van der Waals surface area contributed by atoms with Gasteiger partial charge in [-0.15, -0.1) is 0 Å². The van der Waals surface area contributed by atoms with Crippen LogP contribution in [0.15, 0.2) is 18.2 Å². The van der Waals surface area contributed by atoms with Crippen molar-refractivity contribution in [2.24, 2.45) is 0 Å². The summed E-state index contributed by atoms with van der Waals surface area (Å²) in [6.45, 7) is 0. The lowest BCUT2D eigenvalue weighted by atomic mass is 10.2. The highest BCUT2D eigenvalue weighted by Gasteiger charge is 2.14. The zero-order chi connectivity index (χ0) is 10.7.